The van der Waals surface area contributed by atoms with Crippen LogP contribution in [-0.4, -0.2) is 45.8 Å². The van der Waals surface area contributed by atoms with Crippen molar-refractivity contribution in [2.75, 3.05) is 5.32 Å². The van der Waals surface area contributed by atoms with Crippen molar-refractivity contribution in [3.63, 3.8) is 0 Å². The van der Waals surface area contributed by atoms with Crippen LogP contribution in [0.5, 0.6) is 0 Å². The lowest BCUT2D eigenvalue weighted by Crippen LogP contribution is -2.48. The normalized spacial score (nSPS) is 20.8. The highest BCUT2D eigenvalue weighted by Gasteiger charge is 2.36. The zero-order chi connectivity index (χ0) is 26.0. The lowest BCUT2D eigenvalue weighted by atomic mass is 9.90. The number of anilines is 1. The molecule has 2 atom stereocenters. The van der Waals surface area contributed by atoms with Crippen LogP contribution in [0.3, 0.4) is 0 Å². The summed E-state index contributed by atoms with van der Waals surface area (Å²) in [5.74, 6) is -1.85. The van der Waals surface area contributed by atoms with Crippen molar-refractivity contribution in [3.8, 4) is 0 Å². The number of carbonyl (C=O) groups excluding carboxylic acids is 1. The molecule has 0 aliphatic heterocycles. The molecule has 3 aromatic rings. The van der Waals surface area contributed by atoms with Crippen molar-refractivity contribution >= 4 is 53.3 Å². The van der Waals surface area contributed by atoms with Gasteiger partial charge in [-0.3, -0.25) is 10.2 Å². The van der Waals surface area contributed by atoms with E-state index in [2.05, 4.69) is 25.9 Å². The number of amides is 1. The maximum atomic E-state index is 13.5. The molecule has 0 saturated heterocycles. The number of halogens is 4. The summed E-state index contributed by atoms with van der Waals surface area (Å²) in [6, 6.07) is 8.90. The number of nitrogens with one attached hydrogen (secondary N) is 4. The number of aromatic nitrogens is 2. The smallest absolute Gasteiger partial charge is 0.289 e. The van der Waals surface area contributed by atoms with E-state index in [1.54, 1.807) is 18.4 Å². The van der Waals surface area contributed by atoms with Crippen molar-refractivity contribution in [2.45, 2.75) is 82.3 Å². The highest BCUT2D eigenvalue weighted by atomic mass is 35.5. The fraction of sp³-hybridized carbons (Fsp3) is 0.481. The lowest BCUT2D eigenvalue weighted by Gasteiger charge is -2.34. The fourth-order valence-corrected chi connectivity index (χ4v) is 5.22. The first-order valence-corrected chi connectivity index (χ1v) is 12.9. The quantitative estimate of drug-likeness (QED) is 0.208. The maximum Gasteiger partial charge on any atom is 0.289 e. The molecule has 0 radical (unpaired) electrons. The Bertz CT molecular complexity index is 1280. The first-order chi connectivity index (χ1) is 17.8. The molecular formula is C27H34Cl2F2N6O2. The molecule has 2 aliphatic rings. The molecule has 12 heteroatoms. The molecule has 2 saturated carbocycles. The zero-order valence-corrected chi connectivity index (χ0v) is 23.3. The van der Waals surface area contributed by atoms with E-state index in [1.165, 1.54) is 0 Å². The lowest BCUT2D eigenvalue weighted by molar-refractivity contribution is -0.0399. The van der Waals surface area contributed by atoms with Gasteiger partial charge < -0.3 is 20.4 Å². The number of aryl methyl sites for hydroxylation is 1. The van der Waals surface area contributed by atoms with E-state index in [4.69, 9.17) is 9.83 Å². The number of carbonyl (C=O) groups is 1. The molecule has 2 aliphatic carbocycles. The predicted molar refractivity (Wildman–Crippen MR) is 152 cm³/mol. The molecule has 39 heavy (non-hydrogen) atoms. The molecule has 212 valence electrons. The number of amidine groups is 1. The Morgan fingerprint density at radius 2 is 1.74 bits per heavy atom. The van der Waals surface area contributed by atoms with Gasteiger partial charge >= 0.3 is 0 Å². The van der Waals surface area contributed by atoms with Gasteiger partial charge in [-0.2, -0.15) is 0 Å². The molecule has 2 aromatic heterocycles. The minimum atomic E-state index is -2.66. The van der Waals surface area contributed by atoms with Crippen molar-refractivity contribution in [3.05, 3.63) is 53.7 Å². The molecule has 2 heterocycles. The second-order valence-corrected chi connectivity index (χ2v) is 10.2. The summed E-state index contributed by atoms with van der Waals surface area (Å²) in [6.45, 7) is 1.98. The van der Waals surface area contributed by atoms with Crippen LogP contribution in [0.2, 0.25) is 0 Å². The number of benzene rings is 1. The molecule has 0 bridgehead atoms. The molecule has 4 N–H and O–H groups in total. The number of fused-ring (bicyclic) bond motifs is 1. The average molecular weight is 584 g/mol. The van der Waals surface area contributed by atoms with Gasteiger partial charge in [0.2, 0.25) is 11.7 Å². The van der Waals surface area contributed by atoms with Gasteiger partial charge in [-0.1, -0.05) is 24.5 Å². The molecular weight excluding hydrogens is 549 g/mol. The second-order valence-electron chi connectivity index (χ2n) is 10.2. The Balaban J connectivity index is 0.00000210. The third-order valence-electron chi connectivity index (χ3n) is 7.29. The van der Waals surface area contributed by atoms with Gasteiger partial charge in [-0.25, -0.2) is 18.7 Å². The molecule has 5 rings (SSSR count). The minimum Gasteiger partial charge on any atom is -0.461 e. The molecule has 1 aromatic carbocycles. The van der Waals surface area contributed by atoms with Crippen LogP contribution >= 0.6 is 24.8 Å². The SMILES string of the molecule is Cc1ccc2nc(C(=O)NC3CCC(F)(F)CC3)nc(N[C@H]3CCCC[C@H]3NC(=N)c3ccco3)c2c1.Cl.Cl. The highest BCUT2D eigenvalue weighted by molar-refractivity contribution is 5.97. The Morgan fingerprint density at radius 1 is 1.03 bits per heavy atom. The van der Waals surface area contributed by atoms with Gasteiger partial charge in [0.15, 0.2) is 11.6 Å². The van der Waals surface area contributed by atoms with Crippen molar-refractivity contribution in [1.82, 2.24) is 20.6 Å². The predicted octanol–water partition coefficient (Wildman–Crippen LogP) is 6.02. The van der Waals surface area contributed by atoms with Gasteiger partial charge in [0.1, 0.15) is 5.82 Å². The molecule has 8 nitrogen and oxygen atoms in total. The van der Waals surface area contributed by atoms with E-state index >= 15 is 0 Å². The molecule has 1 amide bonds. The van der Waals surface area contributed by atoms with Crippen LogP contribution in [0.15, 0.2) is 41.0 Å². The zero-order valence-electron chi connectivity index (χ0n) is 21.6. The summed E-state index contributed by atoms with van der Waals surface area (Å²) in [5, 5.41) is 18.9. The number of alkyl halides is 2. The summed E-state index contributed by atoms with van der Waals surface area (Å²) < 4.78 is 32.4. The van der Waals surface area contributed by atoms with Crippen molar-refractivity contribution in [2.24, 2.45) is 0 Å². The van der Waals surface area contributed by atoms with Crippen molar-refractivity contribution < 1.29 is 18.0 Å². The third kappa shape index (κ3) is 7.36. The summed E-state index contributed by atoms with van der Waals surface area (Å²) in [5.41, 5.74) is 1.67. The minimum absolute atomic E-state index is 0. The van der Waals surface area contributed by atoms with Gasteiger partial charge in [0, 0.05) is 36.4 Å². The largest absolute Gasteiger partial charge is 0.461 e. The van der Waals surface area contributed by atoms with E-state index < -0.39 is 11.8 Å². The summed E-state index contributed by atoms with van der Waals surface area (Å²) >= 11 is 0. The average Bonchev–Trinajstić information content (AvgIpc) is 3.42. The Kier molecular flexibility index (Phi) is 10.1. The van der Waals surface area contributed by atoms with Gasteiger partial charge in [0.25, 0.3) is 5.91 Å². The van der Waals surface area contributed by atoms with E-state index in [-0.39, 0.29) is 80.3 Å². The van der Waals surface area contributed by atoms with E-state index in [0.717, 1.165) is 36.6 Å². The van der Waals surface area contributed by atoms with Crippen LogP contribution in [0.1, 0.15) is 73.3 Å². The van der Waals surface area contributed by atoms with Crippen LogP contribution in [-0.2, 0) is 0 Å². The molecule has 2 fully saturated rings. The Morgan fingerprint density at radius 3 is 2.44 bits per heavy atom. The van der Waals surface area contributed by atoms with Crippen LogP contribution in [0, 0.1) is 12.3 Å². The second kappa shape index (κ2) is 12.9. The fourth-order valence-electron chi connectivity index (χ4n) is 5.22. The monoisotopic (exact) mass is 582 g/mol. The number of rotatable bonds is 6. The first kappa shape index (κ1) is 30.6. The standard InChI is InChI=1S/C27H32F2N6O2.2ClH/c1-16-8-9-19-18(15-16)24(35-25(33-19)26(36)31-17-10-12-27(28,29)13-11-17)34-21-6-3-2-5-20(21)32-23(30)22-7-4-14-37-22;;/h4,7-9,14-15,17,20-21H,2-3,5-6,10-13H2,1H3,(H2,30,32)(H,31,36)(H,33,34,35);2*1H/t20-,21+;;/m1../s1. The third-order valence-corrected chi connectivity index (χ3v) is 7.29. The summed E-state index contributed by atoms with van der Waals surface area (Å²) in [7, 11) is 0. The Hall–Kier alpha value is -2.98. The number of furan rings is 1. The van der Waals surface area contributed by atoms with Crippen molar-refractivity contribution in [1.29, 1.82) is 5.41 Å². The van der Waals surface area contributed by atoms with E-state index in [9.17, 15) is 13.6 Å². The summed E-state index contributed by atoms with van der Waals surface area (Å²) in [4.78, 5) is 22.2. The van der Waals surface area contributed by atoms with Gasteiger partial charge in [-0.05, 0) is 56.9 Å². The van der Waals surface area contributed by atoms with Crippen LogP contribution in [0.25, 0.3) is 10.9 Å². The van der Waals surface area contributed by atoms with Crippen LogP contribution < -0.4 is 16.0 Å². The first-order valence-electron chi connectivity index (χ1n) is 12.9. The summed E-state index contributed by atoms with van der Waals surface area (Å²) in [6.07, 6.45) is 5.37. The topological polar surface area (TPSA) is 116 Å². The Labute approximate surface area is 238 Å². The molecule has 0 unspecified atom stereocenters. The number of hydrogen-bond donors (Lipinski definition) is 4. The van der Waals surface area contributed by atoms with E-state index in [1.807, 2.05) is 25.1 Å². The number of nitrogens with zero attached hydrogens (tertiary/aromatic N) is 2. The molecule has 0 spiro atoms. The number of hydrogen-bond acceptors (Lipinski definition) is 6. The highest BCUT2D eigenvalue weighted by Crippen LogP contribution is 2.33. The van der Waals surface area contributed by atoms with Gasteiger partial charge in [0.05, 0.1) is 11.8 Å². The maximum absolute atomic E-state index is 13.5. The van der Waals surface area contributed by atoms with Gasteiger partial charge in [-0.15, -0.1) is 24.8 Å². The van der Waals surface area contributed by atoms with E-state index in [0.29, 0.717) is 17.1 Å². The van der Waals surface area contributed by atoms with Crippen LogP contribution in [0.4, 0.5) is 14.6 Å².